The predicted octanol–water partition coefficient (Wildman–Crippen LogP) is 2.88. The Labute approximate surface area is 163 Å². The second kappa shape index (κ2) is 7.96. The molecule has 0 spiro atoms. The molecule has 28 heavy (non-hydrogen) atoms. The number of rotatable bonds is 6. The lowest BCUT2D eigenvalue weighted by atomic mass is 9.88. The maximum atomic E-state index is 13.1. The first-order chi connectivity index (χ1) is 13.0. The van der Waals surface area contributed by atoms with E-state index in [0.29, 0.717) is 16.8 Å². The Balaban J connectivity index is 2.47. The standard InChI is InChI=1S/C21H25FN2O4/c1-12(2)21(5,20(27)28)23-18(25)17-10-13(3)14(4)24(19(17)26)11-15-6-8-16(22)9-7-15/h6-10,12H,11H2,1-5H3,(H,23,25)(H,27,28). The highest BCUT2D eigenvalue weighted by Crippen LogP contribution is 2.18. The molecule has 1 aromatic carbocycles. The molecule has 0 saturated heterocycles. The topological polar surface area (TPSA) is 88.4 Å². The third-order valence-electron chi connectivity index (χ3n) is 5.28. The molecule has 0 bridgehead atoms. The minimum absolute atomic E-state index is 0.127. The van der Waals surface area contributed by atoms with E-state index in [4.69, 9.17) is 0 Å². The molecule has 0 saturated carbocycles. The van der Waals surface area contributed by atoms with Crippen LogP contribution in [0.5, 0.6) is 0 Å². The quantitative estimate of drug-likeness (QED) is 0.796. The minimum Gasteiger partial charge on any atom is -0.480 e. The largest absolute Gasteiger partial charge is 0.480 e. The number of carbonyl (C=O) groups is 2. The highest BCUT2D eigenvalue weighted by Gasteiger charge is 2.39. The highest BCUT2D eigenvalue weighted by atomic mass is 19.1. The zero-order valence-corrected chi connectivity index (χ0v) is 16.7. The molecule has 0 radical (unpaired) electrons. The predicted molar refractivity (Wildman–Crippen MR) is 104 cm³/mol. The summed E-state index contributed by atoms with van der Waals surface area (Å²) < 4.78 is 14.6. The molecule has 0 aliphatic heterocycles. The third kappa shape index (κ3) is 4.13. The van der Waals surface area contributed by atoms with Gasteiger partial charge in [0.2, 0.25) is 0 Å². The molecule has 1 atom stereocenters. The minimum atomic E-state index is -1.51. The molecule has 0 aliphatic rings. The van der Waals surface area contributed by atoms with Gasteiger partial charge in [-0.2, -0.15) is 0 Å². The Morgan fingerprint density at radius 1 is 1.21 bits per heavy atom. The fourth-order valence-electron chi connectivity index (χ4n) is 2.77. The van der Waals surface area contributed by atoms with Gasteiger partial charge >= 0.3 is 5.97 Å². The molecule has 1 heterocycles. The molecule has 6 nitrogen and oxygen atoms in total. The summed E-state index contributed by atoms with van der Waals surface area (Å²) in [4.78, 5) is 37.4. The molecule has 0 aliphatic carbocycles. The second-order valence-electron chi connectivity index (χ2n) is 7.46. The van der Waals surface area contributed by atoms with Crippen LogP contribution in [0, 0.1) is 25.6 Å². The maximum Gasteiger partial charge on any atom is 0.329 e. The number of aryl methyl sites for hydroxylation is 1. The number of halogens is 1. The molecule has 1 aromatic heterocycles. The number of nitrogens with zero attached hydrogens (tertiary/aromatic N) is 1. The lowest BCUT2D eigenvalue weighted by Gasteiger charge is -2.30. The van der Waals surface area contributed by atoms with Crippen LogP contribution in [-0.4, -0.2) is 27.1 Å². The van der Waals surface area contributed by atoms with Crippen molar-refractivity contribution in [3.05, 3.63) is 68.9 Å². The fourth-order valence-corrected chi connectivity index (χ4v) is 2.77. The van der Waals surface area contributed by atoms with Crippen LogP contribution in [0.15, 0.2) is 35.1 Å². The van der Waals surface area contributed by atoms with Crippen LogP contribution in [0.1, 0.15) is 48.0 Å². The molecule has 7 heteroatoms. The number of amides is 1. The van der Waals surface area contributed by atoms with E-state index in [1.165, 1.54) is 29.7 Å². The normalized spacial score (nSPS) is 13.2. The van der Waals surface area contributed by atoms with Crippen LogP contribution >= 0.6 is 0 Å². The van der Waals surface area contributed by atoms with Gasteiger partial charge in [0.15, 0.2) is 0 Å². The summed E-state index contributed by atoms with van der Waals surface area (Å²) in [5, 5.41) is 12.0. The molecule has 1 amide bonds. The molecule has 2 aromatic rings. The number of hydrogen-bond donors (Lipinski definition) is 2. The number of carboxylic acids is 1. The molecule has 2 rings (SSSR count). The highest BCUT2D eigenvalue weighted by molar-refractivity contribution is 5.97. The SMILES string of the molecule is Cc1cc(C(=O)NC(C)(C(=O)O)C(C)C)c(=O)n(Cc2ccc(F)cc2)c1C. The number of carboxylic acid groups (broad SMARTS) is 1. The van der Waals surface area contributed by atoms with Gasteiger partial charge in [0.1, 0.15) is 16.9 Å². The molecular weight excluding hydrogens is 363 g/mol. The fraction of sp³-hybridized carbons (Fsp3) is 0.381. The van der Waals surface area contributed by atoms with Gasteiger partial charge < -0.3 is 15.0 Å². The van der Waals surface area contributed by atoms with Gasteiger partial charge in [-0.3, -0.25) is 9.59 Å². The number of benzene rings is 1. The van der Waals surface area contributed by atoms with Gasteiger partial charge in [-0.15, -0.1) is 0 Å². The van der Waals surface area contributed by atoms with Gasteiger partial charge in [0, 0.05) is 5.69 Å². The number of aromatic nitrogens is 1. The Morgan fingerprint density at radius 2 is 1.79 bits per heavy atom. The van der Waals surface area contributed by atoms with E-state index in [0.717, 1.165) is 0 Å². The van der Waals surface area contributed by atoms with Crippen LogP contribution in [0.4, 0.5) is 4.39 Å². The summed E-state index contributed by atoms with van der Waals surface area (Å²) in [6, 6.07) is 7.23. The van der Waals surface area contributed by atoms with Gasteiger partial charge in [0.25, 0.3) is 11.5 Å². The average Bonchev–Trinajstić information content (AvgIpc) is 2.62. The van der Waals surface area contributed by atoms with Crippen molar-refractivity contribution in [3.63, 3.8) is 0 Å². The number of pyridine rings is 1. The van der Waals surface area contributed by atoms with Crippen molar-refractivity contribution in [3.8, 4) is 0 Å². The van der Waals surface area contributed by atoms with E-state index < -0.39 is 23.0 Å². The van der Waals surface area contributed by atoms with Crippen molar-refractivity contribution in [1.29, 1.82) is 0 Å². The Hall–Kier alpha value is -2.96. The van der Waals surface area contributed by atoms with Gasteiger partial charge in [-0.1, -0.05) is 26.0 Å². The van der Waals surface area contributed by atoms with E-state index in [1.807, 2.05) is 0 Å². The van der Waals surface area contributed by atoms with Gasteiger partial charge in [-0.05, 0) is 56.0 Å². The number of hydrogen-bond acceptors (Lipinski definition) is 3. The van der Waals surface area contributed by atoms with Crippen LogP contribution in [0.25, 0.3) is 0 Å². The van der Waals surface area contributed by atoms with Gasteiger partial charge in [0.05, 0.1) is 6.54 Å². The van der Waals surface area contributed by atoms with E-state index in [9.17, 15) is 23.9 Å². The van der Waals surface area contributed by atoms with Crippen LogP contribution in [0.2, 0.25) is 0 Å². The van der Waals surface area contributed by atoms with Gasteiger partial charge in [-0.25, -0.2) is 9.18 Å². The number of carbonyl (C=O) groups excluding carboxylic acids is 1. The first kappa shape index (κ1) is 21.3. The summed E-state index contributed by atoms with van der Waals surface area (Å²) in [5.74, 6) is -2.67. The maximum absolute atomic E-state index is 13.1. The molecule has 2 N–H and O–H groups in total. The number of aliphatic carboxylic acids is 1. The third-order valence-corrected chi connectivity index (χ3v) is 5.28. The summed E-state index contributed by atoms with van der Waals surface area (Å²) in [6.45, 7) is 8.48. The van der Waals surface area contributed by atoms with Crippen molar-refractivity contribution >= 4 is 11.9 Å². The molecule has 0 fully saturated rings. The molecular formula is C21H25FN2O4. The Morgan fingerprint density at radius 3 is 2.29 bits per heavy atom. The van der Waals surface area contributed by atoms with E-state index in [-0.39, 0.29) is 23.8 Å². The summed E-state index contributed by atoms with van der Waals surface area (Å²) in [6.07, 6.45) is 0. The van der Waals surface area contributed by atoms with Crippen molar-refractivity contribution in [2.75, 3.05) is 0 Å². The molecule has 150 valence electrons. The zero-order valence-electron chi connectivity index (χ0n) is 16.7. The molecule has 1 unspecified atom stereocenters. The number of nitrogens with one attached hydrogen (secondary N) is 1. The van der Waals surface area contributed by atoms with Crippen LogP contribution in [-0.2, 0) is 11.3 Å². The first-order valence-corrected chi connectivity index (χ1v) is 8.98. The van der Waals surface area contributed by atoms with Crippen molar-refractivity contribution < 1.29 is 19.1 Å². The van der Waals surface area contributed by atoms with E-state index in [2.05, 4.69) is 5.32 Å². The zero-order chi connectivity index (χ0) is 21.2. The van der Waals surface area contributed by atoms with Crippen LogP contribution < -0.4 is 10.9 Å². The summed E-state index contributed by atoms with van der Waals surface area (Å²) >= 11 is 0. The average molecular weight is 388 g/mol. The Kier molecular flexibility index (Phi) is 6.07. The monoisotopic (exact) mass is 388 g/mol. The van der Waals surface area contributed by atoms with E-state index in [1.54, 1.807) is 39.8 Å². The van der Waals surface area contributed by atoms with Crippen molar-refractivity contribution in [2.24, 2.45) is 5.92 Å². The Bertz CT molecular complexity index is 964. The lowest BCUT2D eigenvalue weighted by molar-refractivity contribution is -0.145. The smallest absolute Gasteiger partial charge is 0.329 e. The second-order valence-corrected chi connectivity index (χ2v) is 7.46. The lowest BCUT2D eigenvalue weighted by Crippen LogP contribution is -2.56. The van der Waals surface area contributed by atoms with Crippen LogP contribution in [0.3, 0.4) is 0 Å². The van der Waals surface area contributed by atoms with Crippen molar-refractivity contribution in [2.45, 2.75) is 46.7 Å². The van der Waals surface area contributed by atoms with Crippen molar-refractivity contribution in [1.82, 2.24) is 9.88 Å². The summed E-state index contributed by atoms with van der Waals surface area (Å²) in [7, 11) is 0. The van der Waals surface area contributed by atoms with E-state index >= 15 is 0 Å². The summed E-state index contributed by atoms with van der Waals surface area (Å²) in [5.41, 5.74) is -0.0607. The first-order valence-electron chi connectivity index (χ1n) is 8.98.